The van der Waals surface area contributed by atoms with E-state index in [9.17, 15) is 0 Å². The van der Waals surface area contributed by atoms with Gasteiger partial charge in [0.05, 0.1) is 6.61 Å². The van der Waals surface area contributed by atoms with Crippen LogP contribution in [0.3, 0.4) is 0 Å². The summed E-state index contributed by atoms with van der Waals surface area (Å²) in [5, 5.41) is 0. The quantitative estimate of drug-likeness (QED) is 0.851. The third kappa shape index (κ3) is 3.49. The molecule has 0 spiro atoms. The molecule has 3 rings (SSSR count). The summed E-state index contributed by atoms with van der Waals surface area (Å²) in [6, 6.07) is 4.22. The average Bonchev–Trinajstić information content (AvgIpc) is 2.93. The second-order valence-electron chi connectivity index (χ2n) is 5.37. The lowest BCUT2D eigenvalue weighted by molar-refractivity contribution is 0.0344. The minimum atomic E-state index is 0.297. The van der Waals surface area contributed by atoms with Gasteiger partial charge < -0.3 is 9.47 Å². The lowest BCUT2D eigenvalue weighted by Gasteiger charge is -2.36. The highest BCUT2D eigenvalue weighted by Gasteiger charge is 2.28. The van der Waals surface area contributed by atoms with Crippen molar-refractivity contribution in [2.24, 2.45) is 0 Å². The molecule has 0 saturated carbocycles. The SMILES string of the molecule is CC.Cc1ccc(C2CCOC2)c(OC2CN(C)C2)n1. The molecule has 2 saturated heterocycles. The summed E-state index contributed by atoms with van der Waals surface area (Å²) in [6.07, 6.45) is 1.37. The first kappa shape index (κ1) is 15.3. The Morgan fingerprint density at radius 3 is 2.65 bits per heavy atom. The number of nitrogens with zero attached hydrogens (tertiary/aromatic N) is 2. The first-order valence-corrected chi connectivity index (χ1v) is 7.63. The Morgan fingerprint density at radius 2 is 2.05 bits per heavy atom. The molecule has 0 radical (unpaired) electrons. The number of aromatic nitrogens is 1. The van der Waals surface area contributed by atoms with E-state index in [0.717, 1.165) is 44.3 Å². The third-order valence-electron chi connectivity index (χ3n) is 3.71. The summed E-state index contributed by atoms with van der Waals surface area (Å²) in [4.78, 5) is 6.82. The molecule has 2 aliphatic heterocycles. The van der Waals surface area contributed by atoms with E-state index in [-0.39, 0.29) is 0 Å². The lowest BCUT2D eigenvalue weighted by Crippen LogP contribution is -2.51. The van der Waals surface area contributed by atoms with Crippen molar-refractivity contribution in [3.8, 4) is 5.88 Å². The van der Waals surface area contributed by atoms with Crippen molar-refractivity contribution in [3.63, 3.8) is 0 Å². The van der Waals surface area contributed by atoms with E-state index in [0.29, 0.717) is 12.0 Å². The van der Waals surface area contributed by atoms with Crippen molar-refractivity contribution < 1.29 is 9.47 Å². The number of likely N-dealkylation sites (tertiary alicyclic amines) is 1. The minimum Gasteiger partial charge on any atom is -0.471 e. The van der Waals surface area contributed by atoms with Gasteiger partial charge in [-0.1, -0.05) is 19.9 Å². The molecule has 3 heterocycles. The largest absolute Gasteiger partial charge is 0.471 e. The smallest absolute Gasteiger partial charge is 0.217 e. The van der Waals surface area contributed by atoms with E-state index in [2.05, 4.69) is 29.1 Å². The van der Waals surface area contributed by atoms with Gasteiger partial charge in [-0.15, -0.1) is 0 Å². The Bertz CT molecular complexity index is 424. The zero-order chi connectivity index (χ0) is 14.5. The van der Waals surface area contributed by atoms with Gasteiger partial charge in [-0.25, -0.2) is 4.98 Å². The van der Waals surface area contributed by atoms with Crippen molar-refractivity contribution in [2.75, 3.05) is 33.4 Å². The van der Waals surface area contributed by atoms with Crippen LogP contribution >= 0.6 is 0 Å². The van der Waals surface area contributed by atoms with Crippen molar-refractivity contribution in [1.82, 2.24) is 9.88 Å². The summed E-state index contributed by atoms with van der Waals surface area (Å²) in [5.41, 5.74) is 2.23. The van der Waals surface area contributed by atoms with Gasteiger partial charge in [-0.2, -0.15) is 0 Å². The predicted molar refractivity (Wildman–Crippen MR) is 80.4 cm³/mol. The third-order valence-corrected chi connectivity index (χ3v) is 3.71. The number of ether oxygens (including phenoxy) is 2. The molecular weight excluding hydrogens is 252 g/mol. The second-order valence-corrected chi connectivity index (χ2v) is 5.37. The van der Waals surface area contributed by atoms with Gasteiger partial charge in [-0.05, 0) is 26.5 Å². The predicted octanol–water partition coefficient (Wildman–Crippen LogP) is 2.61. The van der Waals surface area contributed by atoms with Gasteiger partial charge in [0.2, 0.25) is 5.88 Å². The molecule has 0 N–H and O–H groups in total. The number of likely N-dealkylation sites (N-methyl/N-ethyl adjacent to an activating group) is 1. The van der Waals surface area contributed by atoms with Crippen LogP contribution in [0.1, 0.15) is 37.4 Å². The van der Waals surface area contributed by atoms with Crippen LogP contribution in [0.5, 0.6) is 5.88 Å². The van der Waals surface area contributed by atoms with E-state index in [1.807, 2.05) is 20.8 Å². The van der Waals surface area contributed by atoms with Crippen LogP contribution in [-0.4, -0.2) is 49.3 Å². The fourth-order valence-electron chi connectivity index (χ4n) is 2.60. The molecule has 1 unspecified atom stereocenters. The number of hydrogen-bond acceptors (Lipinski definition) is 4. The maximum absolute atomic E-state index is 6.04. The van der Waals surface area contributed by atoms with Gasteiger partial charge in [0.15, 0.2) is 0 Å². The summed E-state index contributed by atoms with van der Waals surface area (Å²) in [7, 11) is 2.11. The second kappa shape index (κ2) is 7.04. The number of pyridine rings is 1. The van der Waals surface area contributed by atoms with Gasteiger partial charge in [0, 0.05) is 36.9 Å². The highest BCUT2D eigenvalue weighted by molar-refractivity contribution is 5.32. The molecule has 0 bridgehead atoms. The van der Waals surface area contributed by atoms with Crippen molar-refractivity contribution in [2.45, 2.75) is 39.2 Å². The molecule has 0 aliphatic carbocycles. The highest BCUT2D eigenvalue weighted by atomic mass is 16.5. The number of hydrogen-bond donors (Lipinski definition) is 0. The molecule has 4 heteroatoms. The Labute approximate surface area is 122 Å². The zero-order valence-electron chi connectivity index (χ0n) is 13.1. The van der Waals surface area contributed by atoms with E-state index in [1.165, 1.54) is 5.56 Å². The van der Waals surface area contributed by atoms with Crippen LogP contribution in [0.2, 0.25) is 0 Å². The molecule has 20 heavy (non-hydrogen) atoms. The number of rotatable bonds is 3. The van der Waals surface area contributed by atoms with Crippen molar-refractivity contribution in [1.29, 1.82) is 0 Å². The van der Waals surface area contributed by atoms with Crippen LogP contribution in [0.25, 0.3) is 0 Å². The standard InChI is InChI=1S/C14H20N2O2.C2H6/c1-10-3-4-13(11-5-6-17-9-11)14(15-10)18-12-7-16(2)8-12;1-2/h3-4,11-12H,5-9H2,1-2H3;1-2H3. The maximum atomic E-state index is 6.04. The van der Waals surface area contributed by atoms with Gasteiger partial charge in [0.1, 0.15) is 6.10 Å². The zero-order valence-corrected chi connectivity index (χ0v) is 13.1. The first-order chi connectivity index (χ1) is 9.72. The van der Waals surface area contributed by atoms with Crippen LogP contribution in [0.15, 0.2) is 12.1 Å². The first-order valence-electron chi connectivity index (χ1n) is 7.63. The maximum Gasteiger partial charge on any atom is 0.217 e. The molecule has 1 atom stereocenters. The van der Waals surface area contributed by atoms with E-state index < -0.39 is 0 Å². The topological polar surface area (TPSA) is 34.6 Å². The summed E-state index contributed by atoms with van der Waals surface area (Å²) in [5.74, 6) is 1.27. The van der Waals surface area contributed by atoms with E-state index in [1.54, 1.807) is 0 Å². The van der Waals surface area contributed by atoms with Gasteiger partial charge in [0.25, 0.3) is 0 Å². The normalized spacial score (nSPS) is 22.9. The molecule has 112 valence electrons. The molecule has 4 nitrogen and oxygen atoms in total. The Kier molecular flexibility index (Phi) is 5.38. The van der Waals surface area contributed by atoms with Crippen molar-refractivity contribution in [3.05, 3.63) is 23.4 Å². The molecule has 0 amide bonds. The molecule has 2 aliphatic rings. The summed E-state index contributed by atoms with van der Waals surface area (Å²) >= 11 is 0. The Morgan fingerprint density at radius 1 is 1.30 bits per heavy atom. The van der Waals surface area contributed by atoms with Crippen LogP contribution < -0.4 is 4.74 Å². The van der Waals surface area contributed by atoms with Crippen molar-refractivity contribution >= 4 is 0 Å². The average molecular weight is 278 g/mol. The molecule has 0 aromatic carbocycles. The Balaban J connectivity index is 0.000000704. The monoisotopic (exact) mass is 278 g/mol. The Hall–Kier alpha value is -1.13. The van der Waals surface area contributed by atoms with E-state index in [4.69, 9.17) is 9.47 Å². The molecular formula is C16H26N2O2. The minimum absolute atomic E-state index is 0.297. The van der Waals surface area contributed by atoms with Gasteiger partial charge in [-0.3, -0.25) is 4.90 Å². The summed E-state index contributed by atoms with van der Waals surface area (Å²) in [6.45, 7) is 9.65. The molecule has 2 fully saturated rings. The fraction of sp³-hybridized carbons (Fsp3) is 0.688. The van der Waals surface area contributed by atoms with Crippen LogP contribution in [0.4, 0.5) is 0 Å². The molecule has 1 aromatic heterocycles. The van der Waals surface area contributed by atoms with E-state index >= 15 is 0 Å². The summed E-state index contributed by atoms with van der Waals surface area (Å²) < 4.78 is 11.5. The lowest BCUT2D eigenvalue weighted by atomic mass is 9.99. The highest BCUT2D eigenvalue weighted by Crippen LogP contribution is 2.32. The fourth-order valence-corrected chi connectivity index (χ4v) is 2.60. The number of aryl methyl sites for hydroxylation is 1. The van der Waals surface area contributed by atoms with Gasteiger partial charge >= 0.3 is 0 Å². The van der Waals surface area contributed by atoms with Crippen LogP contribution in [-0.2, 0) is 4.74 Å². The molecule has 1 aromatic rings. The van der Waals surface area contributed by atoms with Crippen LogP contribution in [0, 0.1) is 6.92 Å².